The topological polar surface area (TPSA) is 98.7 Å². The molecule has 0 fully saturated rings. The summed E-state index contributed by atoms with van der Waals surface area (Å²) in [6, 6.07) is 11.6. The molecule has 31 heavy (non-hydrogen) atoms. The van der Waals surface area contributed by atoms with Crippen LogP contribution in [0.2, 0.25) is 0 Å². The molecule has 3 amide bonds. The van der Waals surface area contributed by atoms with E-state index < -0.39 is 17.4 Å². The molecule has 0 saturated carbocycles. The summed E-state index contributed by atoms with van der Waals surface area (Å²) < 4.78 is 0. The first-order valence-electron chi connectivity index (χ1n) is 10.8. The molecule has 2 aromatic rings. The molecule has 0 radical (unpaired) electrons. The molecule has 2 aliphatic heterocycles. The number of hydrogen-bond acceptors (Lipinski definition) is 4. The van der Waals surface area contributed by atoms with Gasteiger partial charge in [-0.2, -0.15) is 0 Å². The number of aliphatic hydroxyl groups is 1. The molecule has 0 bridgehead atoms. The van der Waals surface area contributed by atoms with Crippen molar-refractivity contribution in [2.24, 2.45) is 0 Å². The third-order valence-electron chi connectivity index (χ3n) is 6.55. The van der Waals surface area contributed by atoms with Crippen LogP contribution in [0.4, 0.5) is 11.4 Å². The van der Waals surface area contributed by atoms with Gasteiger partial charge in [-0.05, 0) is 60.1 Å². The number of anilines is 2. The van der Waals surface area contributed by atoms with Crippen LogP contribution in [0.15, 0.2) is 36.4 Å². The van der Waals surface area contributed by atoms with E-state index in [1.807, 2.05) is 29.2 Å². The van der Waals surface area contributed by atoms with Crippen molar-refractivity contribution < 1.29 is 19.5 Å². The second-order valence-electron chi connectivity index (χ2n) is 8.78. The highest BCUT2D eigenvalue weighted by atomic mass is 16.3. The SMILES string of the molecule is O=C(NC[C@]1(O)CCc2ccccc2C1)C(=O)Nc1cc2c3c(c1)CC(=O)N3CCC2. The van der Waals surface area contributed by atoms with E-state index >= 15 is 0 Å². The molecule has 3 aliphatic rings. The van der Waals surface area contributed by atoms with Crippen molar-refractivity contribution in [1.29, 1.82) is 0 Å². The molecule has 0 spiro atoms. The fourth-order valence-electron chi connectivity index (χ4n) is 5.00. The summed E-state index contributed by atoms with van der Waals surface area (Å²) in [7, 11) is 0. The largest absolute Gasteiger partial charge is 0.388 e. The number of aryl methyl sites for hydroxylation is 2. The van der Waals surface area contributed by atoms with E-state index in [0.717, 1.165) is 48.2 Å². The molecule has 0 aromatic heterocycles. The smallest absolute Gasteiger partial charge is 0.313 e. The molecule has 160 valence electrons. The predicted molar refractivity (Wildman–Crippen MR) is 116 cm³/mol. The van der Waals surface area contributed by atoms with E-state index in [4.69, 9.17) is 0 Å². The maximum absolute atomic E-state index is 12.4. The average molecular weight is 419 g/mol. The number of nitrogens with zero attached hydrogens (tertiary/aromatic N) is 1. The molecule has 2 aromatic carbocycles. The quantitative estimate of drug-likeness (QED) is 0.657. The maximum atomic E-state index is 12.4. The minimum Gasteiger partial charge on any atom is -0.388 e. The monoisotopic (exact) mass is 419 g/mol. The van der Waals surface area contributed by atoms with E-state index in [2.05, 4.69) is 16.7 Å². The summed E-state index contributed by atoms with van der Waals surface area (Å²) >= 11 is 0. The summed E-state index contributed by atoms with van der Waals surface area (Å²) in [6.45, 7) is 0.757. The zero-order chi connectivity index (χ0) is 21.6. The molecule has 0 saturated heterocycles. The fraction of sp³-hybridized carbons (Fsp3) is 0.375. The minimum absolute atomic E-state index is 0.0203. The maximum Gasteiger partial charge on any atom is 0.313 e. The van der Waals surface area contributed by atoms with E-state index in [1.54, 1.807) is 6.07 Å². The minimum atomic E-state index is -1.06. The molecule has 7 heteroatoms. The number of amides is 3. The van der Waals surface area contributed by atoms with Gasteiger partial charge in [0, 0.05) is 25.2 Å². The summed E-state index contributed by atoms with van der Waals surface area (Å²) in [5.41, 5.74) is 4.65. The van der Waals surface area contributed by atoms with Crippen molar-refractivity contribution in [1.82, 2.24) is 5.32 Å². The van der Waals surface area contributed by atoms with Crippen molar-refractivity contribution in [3.8, 4) is 0 Å². The van der Waals surface area contributed by atoms with Crippen molar-refractivity contribution in [3.63, 3.8) is 0 Å². The Morgan fingerprint density at radius 3 is 2.65 bits per heavy atom. The zero-order valence-corrected chi connectivity index (χ0v) is 17.2. The lowest BCUT2D eigenvalue weighted by molar-refractivity contribution is -0.136. The highest BCUT2D eigenvalue weighted by Gasteiger charge is 2.34. The third-order valence-corrected chi connectivity index (χ3v) is 6.55. The Kier molecular flexibility index (Phi) is 4.78. The van der Waals surface area contributed by atoms with Crippen LogP contribution < -0.4 is 15.5 Å². The number of rotatable bonds is 3. The molecule has 7 nitrogen and oxygen atoms in total. The Labute approximate surface area is 180 Å². The van der Waals surface area contributed by atoms with Gasteiger partial charge in [0.15, 0.2) is 0 Å². The van der Waals surface area contributed by atoms with Crippen LogP contribution in [0, 0.1) is 0 Å². The molecule has 2 heterocycles. The number of benzene rings is 2. The van der Waals surface area contributed by atoms with Crippen LogP contribution in [0.1, 0.15) is 35.1 Å². The highest BCUT2D eigenvalue weighted by molar-refractivity contribution is 6.39. The van der Waals surface area contributed by atoms with Gasteiger partial charge < -0.3 is 20.6 Å². The van der Waals surface area contributed by atoms with Gasteiger partial charge >= 0.3 is 11.8 Å². The normalized spacial score (nSPS) is 21.3. The second kappa shape index (κ2) is 7.50. The van der Waals surface area contributed by atoms with Gasteiger partial charge in [-0.15, -0.1) is 0 Å². The zero-order valence-electron chi connectivity index (χ0n) is 17.2. The van der Waals surface area contributed by atoms with Crippen LogP contribution in [0.5, 0.6) is 0 Å². The lowest BCUT2D eigenvalue weighted by atomic mass is 9.80. The second-order valence-corrected chi connectivity index (χ2v) is 8.78. The van der Waals surface area contributed by atoms with Crippen LogP contribution in [0.3, 0.4) is 0 Å². The average Bonchev–Trinajstić information content (AvgIpc) is 3.08. The molecular formula is C24H25N3O4. The first kappa shape index (κ1) is 19.8. The van der Waals surface area contributed by atoms with Crippen molar-refractivity contribution in [2.75, 3.05) is 23.3 Å². The Hall–Kier alpha value is -3.19. The predicted octanol–water partition coefficient (Wildman–Crippen LogP) is 1.50. The lowest BCUT2D eigenvalue weighted by Crippen LogP contribution is -2.49. The highest BCUT2D eigenvalue weighted by Crippen LogP contribution is 2.38. The first-order chi connectivity index (χ1) is 14.9. The van der Waals surface area contributed by atoms with Crippen LogP contribution in [-0.4, -0.2) is 41.5 Å². The number of carbonyl (C=O) groups excluding carboxylic acids is 3. The molecule has 0 unspecified atom stereocenters. The molecule has 1 aliphatic carbocycles. The summed E-state index contributed by atoms with van der Waals surface area (Å²) in [4.78, 5) is 38.8. The Morgan fingerprint density at radius 1 is 1.03 bits per heavy atom. The van der Waals surface area contributed by atoms with E-state index in [9.17, 15) is 19.5 Å². The van der Waals surface area contributed by atoms with Gasteiger partial charge in [0.2, 0.25) is 5.91 Å². The van der Waals surface area contributed by atoms with Gasteiger partial charge in [-0.3, -0.25) is 14.4 Å². The number of carbonyl (C=O) groups is 3. The van der Waals surface area contributed by atoms with Gasteiger partial charge in [0.1, 0.15) is 0 Å². The Morgan fingerprint density at radius 2 is 1.81 bits per heavy atom. The molecule has 3 N–H and O–H groups in total. The van der Waals surface area contributed by atoms with E-state index in [-0.39, 0.29) is 12.5 Å². The molecular weight excluding hydrogens is 394 g/mol. The lowest BCUT2D eigenvalue weighted by Gasteiger charge is -2.33. The van der Waals surface area contributed by atoms with Crippen molar-refractivity contribution in [2.45, 2.75) is 44.1 Å². The standard InChI is InChI=1S/C24H25N3O4/c28-20-12-18-11-19(10-16-6-3-9-27(20)21(16)18)26-23(30)22(29)25-14-24(31)8-7-15-4-1-2-5-17(15)13-24/h1-2,4-5,10-11,31H,3,6-9,12-14H2,(H,25,29)(H,26,30)/t24-/m0/s1. The Balaban J connectivity index is 1.22. The number of nitrogens with one attached hydrogen (secondary N) is 2. The summed E-state index contributed by atoms with van der Waals surface area (Å²) in [5, 5.41) is 16.1. The van der Waals surface area contributed by atoms with Gasteiger partial charge in [0.25, 0.3) is 0 Å². The van der Waals surface area contributed by atoms with E-state index in [0.29, 0.717) is 24.9 Å². The van der Waals surface area contributed by atoms with Gasteiger partial charge in [-0.25, -0.2) is 0 Å². The third kappa shape index (κ3) is 3.70. The number of hydrogen-bond donors (Lipinski definition) is 3. The van der Waals surface area contributed by atoms with Crippen LogP contribution >= 0.6 is 0 Å². The fourth-order valence-corrected chi connectivity index (χ4v) is 5.00. The van der Waals surface area contributed by atoms with Crippen molar-refractivity contribution >= 4 is 29.1 Å². The van der Waals surface area contributed by atoms with Gasteiger partial charge in [0.05, 0.1) is 17.7 Å². The molecule has 1 atom stereocenters. The van der Waals surface area contributed by atoms with Crippen LogP contribution in [-0.2, 0) is 40.1 Å². The van der Waals surface area contributed by atoms with E-state index in [1.165, 1.54) is 5.56 Å². The van der Waals surface area contributed by atoms with Gasteiger partial charge in [-0.1, -0.05) is 24.3 Å². The Bertz CT molecular complexity index is 1100. The van der Waals surface area contributed by atoms with Crippen LogP contribution in [0.25, 0.3) is 0 Å². The first-order valence-corrected chi connectivity index (χ1v) is 10.8. The summed E-state index contributed by atoms with van der Waals surface area (Å²) in [6.07, 6.45) is 3.78. The summed E-state index contributed by atoms with van der Waals surface area (Å²) in [5.74, 6) is -1.47. The molecule has 5 rings (SSSR count). The van der Waals surface area contributed by atoms with Crippen molar-refractivity contribution in [3.05, 3.63) is 58.7 Å². The number of fused-ring (bicyclic) bond motifs is 1.